The Morgan fingerprint density at radius 2 is 2.00 bits per heavy atom. The Hall–Kier alpha value is -1.54. The molecule has 2 heteroatoms. The normalized spacial score (nSPS) is 14.4. The Kier molecular flexibility index (Phi) is 3.69. The molecule has 2 aromatic rings. The average Bonchev–Trinajstić information content (AvgIpc) is 2.93. The SMILES string of the molecule is CCNCc1ccc(-c2cccc3c2CCCC3)o1. The number of hydrogen-bond donors (Lipinski definition) is 1. The molecule has 0 atom stereocenters. The second-order valence-electron chi connectivity index (χ2n) is 5.20. The van der Waals surface area contributed by atoms with Crippen LogP contribution >= 0.6 is 0 Å². The first-order valence-corrected chi connectivity index (χ1v) is 7.29. The van der Waals surface area contributed by atoms with Gasteiger partial charge in [0.25, 0.3) is 0 Å². The third-order valence-electron chi connectivity index (χ3n) is 3.87. The summed E-state index contributed by atoms with van der Waals surface area (Å²) < 4.78 is 5.98. The molecule has 0 radical (unpaired) electrons. The van der Waals surface area contributed by atoms with E-state index in [-0.39, 0.29) is 0 Å². The molecule has 0 unspecified atom stereocenters. The van der Waals surface area contributed by atoms with Gasteiger partial charge in [-0.3, -0.25) is 0 Å². The van der Waals surface area contributed by atoms with Crippen LogP contribution in [0.4, 0.5) is 0 Å². The van der Waals surface area contributed by atoms with Crippen LogP contribution in [0.5, 0.6) is 0 Å². The Balaban J connectivity index is 1.91. The summed E-state index contributed by atoms with van der Waals surface area (Å²) >= 11 is 0. The van der Waals surface area contributed by atoms with Crippen LogP contribution in [0.25, 0.3) is 11.3 Å². The number of fused-ring (bicyclic) bond motifs is 1. The van der Waals surface area contributed by atoms with E-state index in [1.807, 2.05) is 0 Å². The second-order valence-corrected chi connectivity index (χ2v) is 5.20. The van der Waals surface area contributed by atoms with Crippen LogP contribution in [0, 0.1) is 0 Å². The highest BCUT2D eigenvalue weighted by atomic mass is 16.3. The first kappa shape index (κ1) is 12.5. The highest BCUT2D eigenvalue weighted by Crippen LogP contribution is 2.32. The van der Waals surface area contributed by atoms with Crippen molar-refractivity contribution in [2.24, 2.45) is 0 Å². The van der Waals surface area contributed by atoms with Gasteiger partial charge in [-0.2, -0.15) is 0 Å². The van der Waals surface area contributed by atoms with Gasteiger partial charge in [-0.1, -0.05) is 25.1 Å². The zero-order valence-electron chi connectivity index (χ0n) is 11.5. The van der Waals surface area contributed by atoms with Crippen LogP contribution in [-0.2, 0) is 19.4 Å². The first-order chi connectivity index (χ1) is 9.38. The Bertz CT molecular complexity index is 556. The summed E-state index contributed by atoms with van der Waals surface area (Å²) in [5.74, 6) is 2.04. The quantitative estimate of drug-likeness (QED) is 0.895. The predicted octanol–water partition coefficient (Wildman–Crippen LogP) is 3.93. The summed E-state index contributed by atoms with van der Waals surface area (Å²) in [6, 6.07) is 10.8. The minimum absolute atomic E-state index is 0.811. The highest BCUT2D eigenvalue weighted by Gasteiger charge is 2.15. The van der Waals surface area contributed by atoms with Crippen LogP contribution in [0.1, 0.15) is 36.7 Å². The molecule has 1 N–H and O–H groups in total. The molecule has 0 saturated carbocycles. The Morgan fingerprint density at radius 3 is 2.89 bits per heavy atom. The average molecular weight is 255 g/mol. The molecular weight excluding hydrogens is 234 g/mol. The van der Waals surface area contributed by atoms with E-state index in [1.165, 1.54) is 42.4 Å². The van der Waals surface area contributed by atoms with Crippen molar-refractivity contribution in [3.05, 3.63) is 47.2 Å². The van der Waals surface area contributed by atoms with E-state index in [4.69, 9.17) is 4.42 Å². The molecule has 0 amide bonds. The zero-order chi connectivity index (χ0) is 13.1. The molecule has 1 aromatic carbocycles. The van der Waals surface area contributed by atoms with Crippen molar-refractivity contribution >= 4 is 0 Å². The molecule has 0 aliphatic heterocycles. The zero-order valence-corrected chi connectivity index (χ0v) is 11.5. The van der Waals surface area contributed by atoms with E-state index in [9.17, 15) is 0 Å². The van der Waals surface area contributed by atoms with Gasteiger partial charge >= 0.3 is 0 Å². The molecule has 0 fully saturated rings. The Labute approximate surface area is 114 Å². The van der Waals surface area contributed by atoms with E-state index in [0.717, 1.165) is 24.6 Å². The van der Waals surface area contributed by atoms with Gasteiger partial charge in [-0.25, -0.2) is 0 Å². The fraction of sp³-hybridized carbons (Fsp3) is 0.412. The van der Waals surface area contributed by atoms with E-state index in [0.29, 0.717) is 0 Å². The third-order valence-corrected chi connectivity index (χ3v) is 3.87. The molecule has 1 heterocycles. The van der Waals surface area contributed by atoms with Crippen molar-refractivity contribution in [2.45, 2.75) is 39.2 Å². The van der Waals surface area contributed by atoms with Crippen molar-refractivity contribution < 1.29 is 4.42 Å². The van der Waals surface area contributed by atoms with Gasteiger partial charge in [0.15, 0.2) is 0 Å². The molecule has 1 aromatic heterocycles. The molecule has 0 spiro atoms. The standard InChI is InChI=1S/C17H21NO/c1-2-18-12-14-10-11-17(19-14)16-9-5-7-13-6-3-4-8-15(13)16/h5,7,9-11,18H,2-4,6,8,12H2,1H3. The van der Waals surface area contributed by atoms with Gasteiger partial charge in [0.1, 0.15) is 11.5 Å². The lowest BCUT2D eigenvalue weighted by Gasteiger charge is -2.18. The van der Waals surface area contributed by atoms with Gasteiger partial charge in [0.2, 0.25) is 0 Å². The largest absolute Gasteiger partial charge is 0.460 e. The lowest BCUT2D eigenvalue weighted by molar-refractivity contribution is 0.497. The van der Waals surface area contributed by atoms with Gasteiger partial charge in [-0.05, 0) is 55.5 Å². The van der Waals surface area contributed by atoms with Crippen LogP contribution < -0.4 is 5.32 Å². The molecule has 100 valence electrons. The van der Waals surface area contributed by atoms with Crippen molar-refractivity contribution in [1.82, 2.24) is 5.32 Å². The number of aryl methyl sites for hydroxylation is 1. The molecule has 1 aliphatic rings. The monoisotopic (exact) mass is 255 g/mol. The second kappa shape index (κ2) is 5.62. The first-order valence-electron chi connectivity index (χ1n) is 7.29. The smallest absolute Gasteiger partial charge is 0.134 e. The lowest BCUT2D eigenvalue weighted by atomic mass is 9.87. The molecule has 2 nitrogen and oxygen atoms in total. The molecule has 0 saturated heterocycles. The fourth-order valence-corrected chi connectivity index (χ4v) is 2.88. The van der Waals surface area contributed by atoms with E-state index in [2.05, 4.69) is 42.6 Å². The molecule has 1 aliphatic carbocycles. The van der Waals surface area contributed by atoms with Gasteiger partial charge in [0, 0.05) is 5.56 Å². The topological polar surface area (TPSA) is 25.2 Å². The maximum Gasteiger partial charge on any atom is 0.134 e. The van der Waals surface area contributed by atoms with Crippen molar-refractivity contribution in [3.8, 4) is 11.3 Å². The van der Waals surface area contributed by atoms with E-state index < -0.39 is 0 Å². The minimum Gasteiger partial charge on any atom is -0.460 e. The minimum atomic E-state index is 0.811. The van der Waals surface area contributed by atoms with Gasteiger partial charge < -0.3 is 9.73 Å². The van der Waals surface area contributed by atoms with Gasteiger partial charge in [-0.15, -0.1) is 0 Å². The lowest BCUT2D eigenvalue weighted by Crippen LogP contribution is -2.10. The number of nitrogens with one attached hydrogen (secondary N) is 1. The summed E-state index contributed by atoms with van der Waals surface area (Å²) in [4.78, 5) is 0. The van der Waals surface area contributed by atoms with E-state index in [1.54, 1.807) is 0 Å². The molecule has 0 bridgehead atoms. The maximum atomic E-state index is 5.98. The highest BCUT2D eigenvalue weighted by molar-refractivity contribution is 5.64. The summed E-state index contributed by atoms with van der Waals surface area (Å²) in [5.41, 5.74) is 4.30. The fourth-order valence-electron chi connectivity index (χ4n) is 2.88. The summed E-state index contributed by atoms with van der Waals surface area (Å²) in [5, 5.41) is 3.30. The number of furan rings is 1. The third kappa shape index (κ3) is 2.59. The predicted molar refractivity (Wildman–Crippen MR) is 78.2 cm³/mol. The summed E-state index contributed by atoms with van der Waals surface area (Å²) in [6.07, 6.45) is 5.03. The summed E-state index contributed by atoms with van der Waals surface area (Å²) in [7, 11) is 0. The molecule has 3 rings (SSSR count). The number of benzene rings is 1. The number of hydrogen-bond acceptors (Lipinski definition) is 2. The maximum absolute atomic E-state index is 5.98. The molecule has 19 heavy (non-hydrogen) atoms. The summed E-state index contributed by atoms with van der Waals surface area (Å²) in [6.45, 7) is 3.89. The number of rotatable bonds is 4. The van der Waals surface area contributed by atoms with Gasteiger partial charge in [0.05, 0.1) is 6.54 Å². The molecular formula is C17H21NO. The van der Waals surface area contributed by atoms with E-state index >= 15 is 0 Å². The van der Waals surface area contributed by atoms with Crippen molar-refractivity contribution in [2.75, 3.05) is 6.54 Å². The van der Waals surface area contributed by atoms with Crippen LogP contribution in [-0.4, -0.2) is 6.54 Å². The van der Waals surface area contributed by atoms with Crippen LogP contribution in [0.2, 0.25) is 0 Å². The van der Waals surface area contributed by atoms with Crippen molar-refractivity contribution in [3.63, 3.8) is 0 Å². The van der Waals surface area contributed by atoms with Crippen LogP contribution in [0.15, 0.2) is 34.7 Å². The van der Waals surface area contributed by atoms with Crippen LogP contribution in [0.3, 0.4) is 0 Å². The van der Waals surface area contributed by atoms with Crippen molar-refractivity contribution in [1.29, 1.82) is 0 Å². The Morgan fingerprint density at radius 1 is 1.11 bits per heavy atom.